The number of nitrogens with two attached hydrogens (primary N) is 1. The Labute approximate surface area is 115 Å². The normalized spacial score (nSPS) is 17.8. The van der Waals surface area contributed by atoms with Gasteiger partial charge in [-0.15, -0.1) is 0 Å². The first-order chi connectivity index (χ1) is 9.31. The molecule has 1 aromatic rings. The molecule has 1 aliphatic heterocycles. The molecule has 0 radical (unpaired) electrons. The van der Waals surface area contributed by atoms with E-state index in [1.54, 1.807) is 0 Å². The number of rotatable bonds is 6. The molecule has 3 N–H and O–H groups in total. The van der Waals surface area contributed by atoms with Crippen molar-refractivity contribution < 1.29 is 9.84 Å². The van der Waals surface area contributed by atoms with Crippen LogP contribution in [0.2, 0.25) is 0 Å². The van der Waals surface area contributed by atoms with E-state index < -0.39 is 0 Å². The van der Waals surface area contributed by atoms with Crippen LogP contribution < -0.4 is 5.73 Å². The van der Waals surface area contributed by atoms with Crippen molar-refractivity contribution in [3.05, 3.63) is 35.4 Å². The van der Waals surface area contributed by atoms with Crippen molar-refractivity contribution >= 4 is 0 Å². The molecular weight excluding hydrogens is 240 g/mol. The Morgan fingerprint density at radius 1 is 1.26 bits per heavy atom. The Morgan fingerprint density at radius 2 is 2.00 bits per heavy atom. The smallest absolute Gasteiger partial charge is 0.0701 e. The molecule has 0 unspecified atom stereocenters. The molecule has 0 aliphatic carbocycles. The zero-order valence-electron chi connectivity index (χ0n) is 11.4. The monoisotopic (exact) mass is 264 g/mol. The number of aliphatic hydroxyl groups excluding tert-OH is 1. The van der Waals surface area contributed by atoms with Gasteiger partial charge in [0.15, 0.2) is 0 Å². The van der Waals surface area contributed by atoms with Gasteiger partial charge in [-0.25, -0.2) is 0 Å². The Bertz CT molecular complexity index is 376. The molecule has 1 aromatic carbocycles. The van der Waals surface area contributed by atoms with E-state index in [2.05, 4.69) is 29.2 Å². The molecule has 106 valence electrons. The summed E-state index contributed by atoms with van der Waals surface area (Å²) in [6.07, 6.45) is 2.42. The highest BCUT2D eigenvalue weighted by Crippen LogP contribution is 2.16. The molecule has 1 aliphatic rings. The zero-order valence-corrected chi connectivity index (χ0v) is 11.4. The van der Waals surface area contributed by atoms with Gasteiger partial charge in [-0.1, -0.05) is 24.3 Å². The van der Waals surface area contributed by atoms with Crippen molar-refractivity contribution in [2.45, 2.75) is 32.0 Å². The summed E-state index contributed by atoms with van der Waals surface area (Å²) in [6.45, 7) is 4.28. The minimum Gasteiger partial charge on any atom is -0.394 e. The summed E-state index contributed by atoms with van der Waals surface area (Å²) in [6, 6.07) is 8.50. The van der Waals surface area contributed by atoms with Crippen LogP contribution in [0.25, 0.3) is 0 Å². The van der Waals surface area contributed by atoms with E-state index in [4.69, 9.17) is 15.6 Å². The van der Waals surface area contributed by atoms with E-state index in [9.17, 15) is 0 Å². The number of nitrogens with zero attached hydrogens (tertiary/aromatic N) is 1. The lowest BCUT2D eigenvalue weighted by Crippen LogP contribution is -2.36. The number of piperidine rings is 1. The Morgan fingerprint density at radius 3 is 2.68 bits per heavy atom. The summed E-state index contributed by atoms with van der Waals surface area (Å²) in [5.74, 6) is 0. The van der Waals surface area contributed by atoms with Crippen LogP contribution in [0.5, 0.6) is 0 Å². The van der Waals surface area contributed by atoms with Crippen LogP contribution in [0.4, 0.5) is 0 Å². The molecule has 0 bridgehead atoms. The summed E-state index contributed by atoms with van der Waals surface area (Å²) < 4.78 is 5.57. The van der Waals surface area contributed by atoms with Crippen molar-refractivity contribution in [3.63, 3.8) is 0 Å². The minimum atomic E-state index is 0.117. The van der Waals surface area contributed by atoms with Gasteiger partial charge in [0.25, 0.3) is 0 Å². The second-order valence-electron chi connectivity index (χ2n) is 5.09. The van der Waals surface area contributed by atoms with Crippen molar-refractivity contribution in [3.8, 4) is 0 Å². The van der Waals surface area contributed by atoms with E-state index in [-0.39, 0.29) is 6.61 Å². The maximum Gasteiger partial charge on any atom is 0.0701 e. The van der Waals surface area contributed by atoms with Crippen molar-refractivity contribution in [2.75, 3.05) is 26.3 Å². The van der Waals surface area contributed by atoms with Gasteiger partial charge >= 0.3 is 0 Å². The van der Waals surface area contributed by atoms with E-state index in [0.29, 0.717) is 19.3 Å². The standard InChI is InChI=1S/C15H24N2O2/c16-11-13-2-1-3-14(10-13)12-17-6-4-15(5-7-17)19-9-8-18/h1-3,10,15,18H,4-9,11-12,16H2. The second-order valence-corrected chi connectivity index (χ2v) is 5.09. The van der Waals surface area contributed by atoms with Gasteiger partial charge in [0.2, 0.25) is 0 Å². The molecule has 19 heavy (non-hydrogen) atoms. The minimum absolute atomic E-state index is 0.117. The number of aliphatic hydroxyl groups is 1. The van der Waals surface area contributed by atoms with Gasteiger partial charge < -0.3 is 15.6 Å². The average Bonchev–Trinajstić information content (AvgIpc) is 2.47. The fraction of sp³-hybridized carbons (Fsp3) is 0.600. The fourth-order valence-corrected chi connectivity index (χ4v) is 2.57. The highest BCUT2D eigenvalue weighted by molar-refractivity contribution is 5.23. The third-order valence-corrected chi connectivity index (χ3v) is 3.61. The van der Waals surface area contributed by atoms with Crippen molar-refractivity contribution in [1.82, 2.24) is 4.90 Å². The average molecular weight is 264 g/mol. The molecular formula is C15H24N2O2. The molecule has 0 amide bonds. The highest BCUT2D eigenvalue weighted by atomic mass is 16.5. The molecule has 0 aromatic heterocycles. The van der Waals surface area contributed by atoms with E-state index in [0.717, 1.165) is 32.5 Å². The van der Waals surface area contributed by atoms with Crippen molar-refractivity contribution in [1.29, 1.82) is 0 Å². The number of benzene rings is 1. The molecule has 4 heteroatoms. The quantitative estimate of drug-likeness (QED) is 0.808. The summed E-state index contributed by atoms with van der Waals surface area (Å²) in [5.41, 5.74) is 8.19. The highest BCUT2D eigenvalue weighted by Gasteiger charge is 2.19. The molecule has 1 fully saturated rings. The first-order valence-corrected chi connectivity index (χ1v) is 7.04. The first kappa shape index (κ1) is 14.5. The van der Waals surface area contributed by atoms with Crippen LogP contribution in [-0.2, 0) is 17.8 Å². The molecule has 4 nitrogen and oxygen atoms in total. The molecule has 1 heterocycles. The van der Waals surface area contributed by atoms with Crippen LogP contribution >= 0.6 is 0 Å². The van der Waals surface area contributed by atoms with Crippen LogP contribution in [0.3, 0.4) is 0 Å². The topological polar surface area (TPSA) is 58.7 Å². The fourth-order valence-electron chi connectivity index (χ4n) is 2.57. The maximum absolute atomic E-state index is 8.75. The first-order valence-electron chi connectivity index (χ1n) is 7.04. The van der Waals surface area contributed by atoms with Gasteiger partial charge in [0.1, 0.15) is 0 Å². The summed E-state index contributed by atoms with van der Waals surface area (Å²) >= 11 is 0. The Hall–Kier alpha value is -0.940. The van der Waals surface area contributed by atoms with Gasteiger partial charge in [0, 0.05) is 26.2 Å². The van der Waals surface area contributed by atoms with Gasteiger partial charge in [-0.05, 0) is 24.0 Å². The van der Waals surface area contributed by atoms with Crippen LogP contribution in [0, 0.1) is 0 Å². The predicted molar refractivity (Wildman–Crippen MR) is 75.7 cm³/mol. The van der Waals surface area contributed by atoms with E-state index >= 15 is 0 Å². The Balaban J connectivity index is 1.78. The lowest BCUT2D eigenvalue weighted by molar-refractivity contribution is -0.00901. The predicted octanol–water partition coefficient (Wildman–Crippen LogP) is 1.12. The van der Waals surface area contributed by atoms with E-state index in [1.165, 1.54) is 11.1 Å². The second kappa shape index (κ2) is 7.60. The summed E-state index contributed by atoms with van der Waals surface area (Å²) in [5, 5.41) is 8.75. The van der Waals surface area contributed by atoms with Crippen molar-refractivity contribution in [2.24, 2.45) is 5.73 Å². The molecule has 1 saturated heterocycles. The van der Waals surface area contributed by atoms with Crippen LogP contribution in [0.15, 0.2) is 24.3 Å². The number of hydrogen-bond donors (Lipinski definition) is 2. The Kier molecular flexibility index (Phi) is 5.79. The maximum atomic E-state index is 8.75. The van der Waals surface area contributed by atoms with Crippen LogP contribution in [-0.4, -0.2) is 42.4 Å². The summed E-state index contributed by atoms with van der Waals surface area (Å²) in [4.78, 5) is 2.45. The summed E-state index contributed by atoms with van der Waals surface area (Å²) in [7, 11) is 0. The van der Waals surface area contributed by atoms with Gasteiger partial charge in [0.05, 0.1) is 19.3 Å². The largest absolute Gasteiger partial charge is 0.394 e. The zero-order chi connectivity index (χ0) is 13.5. The lowest BCUT2D eigenvalue weighted by atomic mass is 10.1. The third kappa shape index (κ3) is 4.58. The molecule has 0 saturated carbocycles. The molecule has 0 atom stereocenters. The van der Waals surface area contributed by atoms with Gasteiger partial charge in [-0.3, -0.25) is 4.90 Å². The third-order valence-electron chi connectivity index (χ3n) is 3.61. The molecule has 0 spiro atoms. The number of ether oxygens (including phenoxy) is 1. The molecule has 2 rings (SSSR count). The lowest BCUT2D eigenvalue weighted by Gasteiger charge is -2.31. The van der Waals surface area contributed by atoms with Crippen LogP contribution in [0.1, 0.15) is 24.0 Å². The SMILES string of the molecule is NCc1cccc(CN2CCC(OCCO)CC2)c1. The number of likely N-dealkylation sites (tertiary alicyclic amines) is 1. The van der Waals surface area contributed by atoms with Gasteiger partial charge in [-0.2, -0.15) is 0 Å². The van der Waals surface area contributed by atoms with E-state index in [1.807, 2.05) is 0 Å². The number of hydrogen-bond acceptors (Lipinski definition) is 4.